The van der Waals surface area contributed by atoms with Crippen LogP contribution in [-0.2, 0) is 11.3 Å². The normalized spacial score (nSPS) is 10.1. The highest BCUT2D eigenvalue weighted by molar-refractivity contribution is 9.10. The largest absolute Gasteiger partial charge is 0.348 e. The topological polar surface area (TPSA) is 45.2 Å². The van der Waals surface area contributed by atoms with Crippen LogP contribution >= 0.6 is 15.9 Å². The Kier molecular flexibility index (Phi) is 4.71. The van der Waals surface area contributed by atoms with Crippen molar-refractivity contribution < 1.29 is 4.79 Å². The SMILES string of the molecule is CN(C)C(=O)CNCc1cc(Br)ccn1. The number of hydrogen-bond acceptors (Lipinski definition) is 3. The molecule has 0 aromatic carbocycles. The molecule has 0 fully saturated rings. The molecule has 82 valence electrons. The third-order valence-corrected chi connectivity index (χ3v) is 2.35. The first-order valence-electron chi connectivity index (χ1n) is 4.61. The smallest absolute Gasteiger partial charge is 0.236 e. The molecule has 4 nitrogen and oxygen atoms in total. The van der Waals surface area contributed by atoms with Crippen molar-refractivity contribution in [3.05, 3.63) is 28.5 Å². The highest BCUT2D eigenvalue weighted by atomic mass is 79.9. The van der Waals surface area contributed by atoms with E-state index in [1.54, 1.807) is 25.2 Å². The molecule has 0 radical (unpaired) electrons. The Morgan fingerprint density at radius 2 is 2.33 bits per heavy atom. The van der Waals surface area contributed by atoms with E-state index in [9.17, 15) is 4.79 Å². The summed E-state index contributed by atoms with van der Waals surface area (Å²) in [5.41, 5.74) is 0.913. The first-order valence-corrected chi connectivity index (χ1v) is 5.40. The van der Waals surface area contributed by atoms with Crippen molar-refractivity contribution in [2.75, 3.05) is 20.6 Å². The highest BCUT2D eigenvalue weighted by Crippen LogP contribution is 2.08. The van der Waals surface area contributed by atoms with E-state index in [0.29, 0.717) is 13.1 Å². The first-order chi connectivity index (χ1) is 7.09. The number of carbonyl (C=O) groups excluding carboxylic acids is 1. The van der Waals surface area contributed by atoms with E-state index in [1.807, 2.05) is 12.1 Å². The number of carbonyl (C=O) groups is 1. The third-order valence-electron chi connectivity index (χ3n) is 1.86. The lowest BCUT2D eigenvalue weighted by Gasteiger charge is -2.10. The van der Waals surface area contributed by atoms with Crippen molar-refractivity contribution >= 4 is 21.8 Å². The van der Waals surface area contributed by atoms with Crippen molar-refractivity contribution in [3.8, 4) is 0 Å². The van der Waals surface area contributed by atoms with Crippen LogP contribution < -0.4 is 5.32 Å². The Labute approximate surface area is 97.8 Å². The van der Waals surface area contributed by atoms with E-state index in [1.165, 1.54) is 0 Å². The van der Waals surface area contributed by atoms with Gasteiger partial charge in [0.15, 0.2) is 0 Å². The summed E-state index contributed by atoms with van der Waals surface area (Å²) in [4.78, 5) is 17.0. The van der Waals surface area contributed by atoms with Gasteiger partial charge >= 0.3 is 0 Å². The summed E-state index contributed by atoms with van der Waals surface area (Å²) in [6.07, 6.45) is 1.73. The average molecular weight is 272 g/mol. The molecule has 1 rings (SSSR count). The van der Waals surface area contributed by atoms with Crippen LogP contribution in [0.15, 0.2) is 22.8 Å². The van der Waals surface area contributed by atoms with E-state index in [0.717, 1.165) is 10.2 Å². The lowest BCUT2D eigenvalue weighted by atomic mass is 10.3. The van der Waals surface area contributed by atoms with Crippen LogP contribution in [0.4, 0.5) is 0 Å². The fourth-order valence-corrected chi connectivity index (χ4v) is 1.38. The fourth-order valence-electron chi connectivity index (χ4n) is 1.00. The second-order valence-electron chi connectivity index (χ2n) is 3.36. The predicted molar refractivity (Wildman–Crippen MR) is 62.3 cm³/mol. The van der Waals surface area contributed by atoms with E-state index in [2.05, 4.69) is 26.2 Å². The summed E-state index contributed by atoms with van der Waals surface area (Å²) in [7, 11) is 3.47. The molecule has 5 heteroatoms. The Morgan fingerprint density at radius 3 is 2.93 bits per heavy atom. The number of amides is 1. The van der Waals surface area contributed by atoms with Crippen LogP contribution in [0.3, 0.4) is 0 Å². The molecule has 0 atom stereocenters. The van der Waals surface area contributed by atoms with E-state index in [4.69, 9.17) is 0 Å². The van der Waals surface area contributed by atoms with Crippen molar-refractivity contribution in [1.82, 2.24) is 15.2 Å². The lowest BCUT2D eigenvalue weighted by Crippen LogP contribution is -2.32. The molecule has 0 spiro atoms. The van der Waals surface area contributed by atoms with Gasteiger partial charge in [0, 0.05) is 31.3 Å². The molecular formula is C10H14BrN3O. The Balaban J connectivity index is 2.35. The Bertz CT molecular complexity index is 341. The Hall–Kier alpha value is -0.940. The quantitative estimate of drug-likeness (QED) is 0.890. The molecule has 1 N–H and O–H groups in total. The molecule has 0 aliphatic heterocycles. The summed E-state index contributed by atoms with van der Waals surface area (Å²) in [6.45, 7) is 0.931. The number of rotatable bonds is 4. The predicted octanol–water partition coefficient (Wildman–Crippen LogP) is 1.02. The first kappa shape index (κ1) is 12.1. The monoisotopic (exact) mass is 271 g/mol. The van der Waals surface area contributed by atoms with Gasteiger partial charge in [-0.05, 0) is 12.1 Å². The molecule has 1 heterocycles. The molecule has 0 saturated carbocycles. The molecule has 15 heavy (non-hydrogen) atoms. The minimum Gasteiger partial charge on any atom is -0.348 e. The number of halogens is 1. The maximum atomic E-state index is 11.2. The summed E-state index contributed by atoms with van der Waals surface area (Å²) < 4.78 is 0.994. The van der Waals surface area contributed by atoms with Crippen LogP contribution in [-0.4, -0.2) is 36.4 Å². The van der Waals surface area contributed by atoms with E-state index >= 15 is 0 Å². The zero-order chi connectivity index (χ0) is 11.3. The van der Waals surface area contributed by atoms with Gasteiger partial charge in [-0.25, -0.2) is 0 Å². The van der Waals surface area contributed by atoms with Gasteiger partial charge in [-0.1, -0.05) is 15.9 Å². The molecule has 0 aliphatic rings. The lowest BCUT2D eigenvalue weighted by molar-refractivity contribution is -0.127. The van der Waals surface area contributed by atoms with Crippen molar-refractivity contribution in [2.45, 2.75) is 6.54 Å². The number of pyridine rings is 1. The van der Waals surface area contributed by atoms with Gasteiger partial charge < -0.3 is 10.2 Å². The second kappa shape index (κ2) is 5.82. The number of nitrogens with one attached hydrogen (secondary N) is 1. The number of hydrogen-bond donors (Lipinski definition) is 1. The van der Waals surface area contributed by atoms with Gasteiger partial charge in [0.2, 0.25) is 5.91 Å². The van der Waals surface area contributed by atoms with Crippen LogP contribution in [0, 0.1) is 0 Å². The van der Waals surface area contributed by atoms with Crippen LogP contribution in [0.25, 0.3) is 0 Å². The molecular weight excluding hydrogens is 258 g/mol. The summed E-state index contributed by atoms with van der Waals surface area (Å²) in [5, 5.41) is 3.04. The van der Waals surface area contributed by atoms with Gasteiger partial charge in [0.05, 0.1) is 12.2 Å². The molecule has 0 bridgehead atoms. The van der Waals surface area contributed by atoms with Gasteiger partial charge in [-0.3, -0.25) is 9.78 Å². The zero-order valence-corrected chi connectivity index (χ0v) is 10.4. The van der Waals surface area contributed by atoms with Gasteiger partial charge in [-0.15, -0.1) is 0 Å². The van der Waals surface area contributed by atoms with E-state index < -0.39 is 0 Å². The molecule has 1 amide bonds. The summed E-state index contributed by atoms with van der Waals surface area (Å²) in [6, 6.07) is 3.79. The number of aromatic nitrogens is 1. The minimum absolute atomic E-state index is 0.0602. The molecule has 1 aromatic heterocycles. The standard InChI is InChI=1S/C10H14BrN3O/c1-14(2)10(15)7-12-6-9-5-8(11)3-4-13-9/h3-5,12H,6-7H2,1-2H3. The number of likely N-dealkylation sites (N-methyl/N-ethyl adjacent to an activating group) is 1. The van der Waals surface area contributed by atoms with Crippen LogP contribution in [0.5, 0.6) is 0 Å². The second-order valence-corrected chi connectivity index (χ2v) is 4.27. The van der Waals surface area contributed by atoms with Gasteiger partial charge in [0.25, 0.3) is 0 Å². The van der Waals surface area contributed by atoms with Crippen LogP contribution in [0.1, 0.15) is 5.69 Å². The molecule has 0 aliphatic carbocycles. The van der Waals surface area contributed by atoms with Crippen molar-refractivity contribution in [3.63, 3.8) is 0 Å². The maximum absolute atomic E-state index is 11.2. The van der Waals surface area contributed by atoms with Crippen molar-refractivity contribution in [2.24, 2.45) is 0 Å². The summed E-state index contributed by atoms with van der Waals surface area (Å²) >= 11 is 3.36. The number of nitrogens with zero attached hydrogens (tertiary/aromatic N) is 2. The third kappa shape index (κ3) is 4.40. The molecule has 0 saturated heterocycles. The Morgan fingerprint density at radius 1 is 1.60 bits per heavy atom. The molecule has 1 aromatic rings. The zero-order valence-electron chi connectivity index (χ0n) is 8.83. The highest BCUT2D eigenvalue weighted by Gasteiger charge is 2.02. The van der Waals surface area contributed by atoms with Gasteiger partial charge in [-0.2, -0.15) is 0 Å². The summed E-state index contributed by atoms with van der Waals surface area (Å²) in [5.74, 6) is 0.0602. The minimum atomic E-state index is 0.0602. The van der Waals surface area contributed by atoms with E-state index in [-0.39, 0.29) is 5.91 Å². The average Bonchev–Trinajstić information content (AvgIpc) is 2.17. The van der Waals surface area contributed by atoms with Crippen LogP contribution in [0.2, 0.25) is 0 Å². The fraction of sp³-hybridized carbons (Fsp3) is 0.400. The molecule has 0 unspecified atom stereocenters. The van der Waals surface area contributed by atoms with Crippen molar-refractivity contribution in [1.29, 1.82) is 0 Å². The van der Waals surface area contributed by atoms with Gasteiger partial charge in [0.1, 0.15) is 0 Å². The maximum Gasteiger partial charge on any atom is 0.236 e.